The van der Waals surface area contributed by atoms with Gasteiger partial charge in [0.05, 0.1) is 16.6 Å². The third kappa shape index (κ3) is 3.59. The van der Waals surface area contributed by atoms with Crippen molar-refractivity contribution in [1.29, 1.82) is 0 Å². The Hall–Kier alpha value is -1.85. The second-order valence-corrected chi connectivity index (χ2v) is 4.97. The first-order valence-corrected chi connectivity index (χ1v) is 6.50. The van der Waals surface area contributed by atoms with Crippen LogP contribution in [0, 0.1) is 0 Å². The van der Waals surface area contributed by atoms with Gasteiger partial charge in [-0.1, -0.05) is 29.3 Å². The minimum absolute atomic E-state index is 0.324. The minimum Gasteiger partial charge on any atom is -0.303 e. The number of nitrogens with one attached hydrogen (secondary N) is 1. The number of hydrogen-bond acceptors (Lipinski definition) is 3. The average Bonchev–Trinajstić information content (AvgIpc) is 2.81. The summed E-state index contributed by atoms with van der Waals surface area (Å²) in [5.74, 6) is -0.931. The molecule has 2 aromatic rings. The summed E-state index contributed by atoms with van der Waals surface area (Å²) in [6.07, 6.45) is 1.69. The van der Waals surface area contributed by atoms with Gasteiger partial charge in [0.2, 0.25) is 5.78 Å². The molecular formula is C13H11Cl2N3O2. The molecular weight excluding hydrogens is 301 g/mol. The van der Waals surface area contributed by atoms with Gasteiger partial charge < -0.3 is 5.32 Å². The summed E-state index contributed by atoms with van der Waals surface area (Å²) in [7, 11) is 0. The predicted octanol–water partition coefficient (Wildman–Crippen LogP) is 2.77. The van der Waals surface area contributed by atoms with E-state index in [1.54, 1.807) is 29.1 Å². The van der Waals surface area contributed by atoms with E-state index in [9.17, 15) is 9.59 Å². The highest BCUT2D eigenvalue weighted by atomic mass is 35.5. The van der Waals surface area contributed by atoms with Gasteiger partial charge in [-0.3, -0.25) is 14.3 Å². The number of carbonyl (C=O) groups excluding carboxylic acids is 2. The molecule has 0 bridgehead atoms. The van der Waals surface area contributed by atoms with E-state index in [2.05, 4.69) is 10.4 Å². The highest BCUT2D eigenvalue weighted by Gasteiger charge is 2.09. The van der Waals surface area contributed by atoms with E-state index < -0.39 is 11.7 Å². The van der Waals surface area contributed by atoms with Gasteiger partial charge in [0.25, 0.3) is 5.91 Å². The maximum absolute atomic E-state index is 11.2. The molecule has 0 aliphatic carbocycles. The van der Waals surface area contributed by atoms with Crippen LogP contribution in [0.15, 0.2) is 30.5 Å². The normalized spacial score (nSPS) is 10.3. The van der Waals surface area contributed by atoms with Gasteiger partial charge in [0, 0.05) is 19.2 Å². The van der Waals surface area contributed by atoms with E-state index in [0.29, 0.717) is 22.4 Å². The van der Waals surface area contributed by atoms with Crippen molar-refractivity contribution in [3.63, 3.8) is 0 Å². The minimum atomic E-state index is -0.690. The van der Waals surface area contributed by atoms with Gasteiger partial charge in [-0.15, -0.1) is 0 Å². The molecule has 0 aliphatic rings. The van der Waals surface area contributed by atoms with Crippen molar-refractivity contribution >= 4 is 40.7 Å². The summed E-state index contributed by atoms with van der Waals surface area (Å²) in [6.45, 7) is 1.68. The SMILES string of the molecule is CC(=O)C(=O)Nc1ccn(Cc2ccc(Cl)c(Cl)c2)n1. The van der Waals surface area contributed by atoms with Crippen LogP contribution in [0.2, 0.25) is 10.0 Å². The van der Waals surface area contributed by atoms with Gasteiger partial charge in [0.15, 0.2) is 5.82 Å². The van der Waals surface area contributed by atoms with Crippen molar-refractivity contribution < 1.29 is 9.59 Å². The molecule has 0 saturated heterocycles. The first-order chi connectivity index (χ1) is 9.45. The van der Waals surface area contributed by atoms with Gasteiger partial charge in [-0.05, 0) is 17.7 Å². The molecule has 5 nitrogen and oxygen atoms in total. The van der Waals surface area contributed by atoms with Crippen LogP contribution < -0.4 is 5.32 Å². The van der Waals surface area contributed by atoms with Crippen molar-refractivity contribution in [2.45, 2.75) is 13.5 Å². The Morgan fingerprint density at radius 3 is 2.65 bits per heavy atom. The van der Waals surface area contributed by atoms with Crippen LogP contribution in [0.1, 0.15) is 12.5 Å². The molecule has 0 fully saturated rings. The number of ketones is 1. The lowest BCUT2D eigenvalue weighted by atomic mass is 10.2. The standard InChI is InChI=1S/C13H11Cl2N3O2/c1-8(19)13(20)16-12-4-5-18(17-12)7-9-2-3-10(14)11(15)6-9/h2-6H,7H2,1H3,(H,16,17,20). The zero-order valence-corrected chi connectivity index (χ0v) is 12.1. The number of Topliss-reactive ketones (excluding diaryl/α,β-unsaturated/α-hetero) is 1. The highest BCUT2D eigenvalue weighted by Crippen LogP contribution is 2.23. The van der Waals surface area contributed by atoms with Crippen LogP contribution in [0.3, 0.4) is 0 Å². The van der Waals surface area contributed by atoms with E-state index in [-0.39, 0.29) is 0 Å². The highest BCUT2D eigenvalue weighted by molar-refractivity contribution is 6.42. The van der Waals surface area contributed by atoms with Crippen molar-refractivity contribution in [2.24, 2.45) is 0 Å². The zero-order valence-electron chi connectivity index (χ0n) is 10.6. The molecule has 104 valence electrons. The van der Waals surface area contributed by atoms with E-state index in [0.717, 1.165) is 5.56 Å². The van der Waals surface area contributed by atoms with E-state index >= 15 is 0 Å². The van der Waals surface area contributed by atoms with Crippen LogP contribution in [-0.2, 0) is 16.1 Å². The molecule has 1 aromatic carbocycles. The van der Waals surface area contributed by atoms with Gasteiger partial charge in [0.1, 0.15) is 0 Å². The summed E-state index contributed by atoms with van der Waals surface area (Å²) < 4.78 is 1.62. The molecule has 1 heterocycles. The van der Waals surface area contributed by atoms with E-state index in [1.165, 1.54) is 6.92 Å². The van der Waals surface area contributed by atoms with Crippen LogP contribution in [0.25, 0.3) is 0 Å². The molecule has 2 rings (SSSR count). The smallest absolute Gasteiger partial charge is 0.292 e. The maximum Gasteiger partial charge on any atom is 0.292 e. The number of aromatic nitrogens is 2. The van der Waals surface area contributed by atoms with Gasteiger partial charge in [-0.25, -0.2) is 0 Å². The lowest BCUT2D eigenvalue weighted by Crippen LogP contribution is -2.20. The second-order valence-electron chi connectivity index (χ2n) is 4.16. The molecule has 1 amide bonds. The molecule has 20 heavy (non-hydrogen) atoms. The summed E-state index contributed by atoms with van der Waals surface area (Å²) in [4.78, 5) is 22.1. The summed E-state index contributed by atoms with van der Waals surface area (Å²) in [5, 5.41) is 7.50. The van der Waals surface area contributed by atoms with Crippen LogP contribution >= 0.6 is 23.2 Å². The average molecular weight is 312 g/mol. The predicted molar refractivity (Wildman–Crippen MR) is 77.1 cm³/mol. The number of anilines is 1. The number of amides is 1. The molecule has 0 aliphatic heterocycles. The molecule has 0 saturated carbocycles. The van der Waals surface area contributed by atoms with Gasteiger partial charge >= 0.3 is 0 Å². The molecule has 1 aromatic heterocycles. The fraction of sp³-hybridized carbons (Fsp3) is 0.154. The number of halogens is 2. The lowest BCUT2D eigenvalue weighted by Gasteiger charge is -2.04. The third-order valence-corrected chi connectivity index (χ3v) is 3.27. The number of hydrogen-bond donors (Lipinski definition) is 1. The Morgan fingerprint density at radius 2 is 2.00 bits per heavy atom. The molecule has 1 N–H and O–H groups in total. The zero-order chi connectivity index (χ0) is 14.7. The summed E-state index contributed by atoms with van der Waals surface area (Å²) in [6, 6.07) is 6.91. The fourth-order valence-electron chi connectivity index (χ4n) is 1.55. The first-order valence-electron chi connectivity index (χ1n) is 5.75. The van der Waals surface area contributed by atoms with Crippen LogP contribution in [0.4, 0.5) is 5.82 Å². The topological polar surface area (TPSA) is 64.0 Å². The van der Waals surface area contributed by atoms with Crippen LogP contribution in [-0.4, -0.2) is 21.5 Å². The number of carbonyl (C=O) groups is 2. The van der Waals surface area contributed by atoms with Crippen molar-refractivity contribution in [3.05, 3.63) is 46.1 Å². The quantitative estimate of drug-likeness (QED) is 0.883. The van der Waals surface area contributed by atoms with Crippen molar-refractivity contribution in [3.8, 4) is 0 Å². The maximum atomic E-state index is 11.2. The lowest BCUT2D eigenvalue weighted by molar-refractivity contribution is -0.133. The number of benzene rings is 1. The van der Waals surface area contributed by atoms with E-state index in [4.69, 9.17) is 23.2 Å². The molecule has 7 heteroatoms. The third-order valence-electron chi connectivity index (χ3n) is 2.53. The first kappa shape index (κ1) is 14.6. The Balaban J connectivity index is 2.07. The Morgan fingerprint density at radius 1 is 1.25 bits per heavy atom. The molecule has 0 spiro atoms. The molecule has 0 radical (unpaired) electrons. The molecule has 0 atom stereocenters. The second kappa shape index (κ2) is 6.07. The Kier molecular flexibility index (Phi) is 4.42. The van der Waals surface area contributed by atoms with Gasteiger partial charge in [-0.2, -0.15) is 5.10 Å². The van der Waals surface area contributed by atoms with Crippen molar-refractivity contribution in [2.75, 3.05) is 5.32 Å². The Bertz CT molecular complexity index is 667. The van der Waals surface area contributed by atoms with Crippen molar-refractivity contribution in [1.82, 2.24) is 9.78 Å². The van der Waals surface area contributed by atoms with Crippen LogP contribution in [0.5, 0.6) is 0 Å². The number of rotatable bonds is 4. The largest absolute Gasteiger partial charge is 0.303 e. The number of nitrogens with zero attached hydrogens (tertiary/aromatic N) is 2. The monoisotopic (exact) mass is 311 g/mol. The molecule has 0 unspecified atom stereocenters. The van der Waals surface area contributed by atoms with E-state index in [1.807, 2.05) is 6.07 Å². The summed E-state index contributed by atoms with van der Waals surface area (Å²) in [5.41, 5.74) is 0.923. The summed E-state index contributed by atoms with van der Waals surface area (Å²) >= 11 is 11.8. The Labute approximate surface area is 125 Å². The fourth-order valence-corrected chi connectivity index (χ4v) is 1.87.